The first-order valence-electron chi connectivity index (χ1n) is 4.12. The van der Waals surface area contributed by atoms with Gasteiger partial charge >= 0.3 is 83.4 Å². The van der Waals surface area contributed by atoms with Crippen LogP contribution in [0.15, 0.2) is 0 Å². The normalized spacial score (nSPS) is 11.2. The SMILES string of the molecule is CC(C)(C)CCC[CH2][Hg][Br]. The molecule has 0 heterocycles. The van der Waals surface area contributed by atoms with E-state index in [2.05, 4.69) is 32.7 Å². The van der Waals surface area contributed by atoms with Crippen molar-refractivity contribution in [3.05, 3.63) is 0 Å². The topological polar surface area (TPSA) is 0 Å². The molecule has 0 bridgehead atoms. The minimum absolute atomic E-state index is 0.438. The van der Waals surface area contributed by atoms with Gasteiger partial charge in [-0.25, -0.2) is 0 Å². The Kier molecular flexibility index (Phi) is 6.84. The Morgan fingerprint density at radius 3 is 2.20 bits per heavy atom. The van der Waals surface area contributed by atoms with Crippen LogP contribution in [0.4, 0.5) is 0 Å². The fourth-order valence-corrected chi connectivity index (χ4v) is 6.51. The third kappa shape index (κ3) is 9.42. The Bertz CT molecular complexity index is 75.8. The van der Waals surface area contributed by atoms with Crippen molar-refractivity contribution in [1.82, 2.24) is 0 Å². The van der Waals surface area contributed by atoms with E-state index in [0.717, 1.165) is 0 Å². The Morgan fingerprint density at radius 1 is 1.20 bits per heavy atom. The molecule has 2 heteroatoms. The molecule has 0 amide bonds. The second-order valence-electron chi connectivity index (χ2n) is 4.06. The number of halogens is 1. The van der Waals surface area contributed by atoms with Gasteiger partial charge in [0, 0.05) is 0 Å². The second-order valence-corrected chi connectivity index (χ2v) is 15.2. The van der Waals surface area contributed by atoms with Crippen LogP contribution >= 0.6 is 11.9 Å². The van der Waals surface area contributed by atoms with E-state index in [4.69, 9.17) is 0 Å². The maximum atomic E-state index is 3.65. The summed E-state index contributed by atoms with van der Waals surface area (Å²) in [5.74, 6) is 0. The van der Waals surface area contributed by atoms with Crippen molar-refractivity contribution in [2.45, 2.75) is 44.0 Å². The summed E-state index contributed by atoms with van der Waals surface area (Å²) in [7, 11) is 0. The third-order valence-electron chi connectivity index (χ3n) is 1.56. The number of rotatable bonds is 4. The molecule has 0 aliphatic carbocycles. The first-order chi connectivity index (χ1) is 4.56. The predicted octanol–water partition coefficient (Wildman–Crippen LogP) is 4.01. The molecule has 0 aliphatic rings. The van der Waals surface area contributed by atoms with Crippen molar-refractivity contribution in [3.8, 4) is 0 Å². The molecule has 0 aromatic heterocycles. The predicted molar refractivity (Wildman–Crippen MR) is 47.0 cm³/mol. The number of hydrogen-bond acceptors (Lipinski definition) is 0. The Labute approximate surface area is 82.8 Å². The molecule has 0 aliphatic heterocycles. The van der Waals surface area contributed by atoms with Crippen molar-refractivity contribution in [3.63, 3.8) is 0 Å². The van der Waals surface area contributed by atoms with Crippen LogP contribution in [0.5, 0.6) is 0 Å². The third-order valence-corrected chi connectivity index (χ3v) is 9.46. The molecule has 0 fully saturated rings. The van der Waals surface area contributed by atoms with Crippen molar-refractivity contribution in [1.29, 1.82) is 0 Å². The molecule has 10 heavy (non-hydrogen) atoms. The van der Waals surface area contributed by atoms with Crippen LogP contribution in [0.3, 0.4) is 0 Å². The average Bonchev–Trinajstić information content (AvgIpc) is 1.78. The van der Waals surface area contributed by atoms with E-state index in [1.54, 1.807) is 3.93 Å². The maximum absolute atomic E-state index is 3.65. The van der Waals surface area contributed by atoms with Gasteiger partial charge in [-0.15, -0.1) is 0 Å². The zero-order valence-corrected chi connectivity index (χ0v) is 14.5. The van der Waals surface area contributed by atoms with Gasteiger partial charge in [0.25, 0.3) is 0 Å². The molecule has 0 saturated heterocycles. The molecular weight excluding hydrogens is 377 g/mol. The Hall–Kier alpha value is 1.42. The Balaban J connectivity index is 3.04. The molecular formula is C8H17BrHg. The van der Waals surface area contributed by atoms with Gasteiger partial charge in [0.05, 0.1) is 0 Å². The van der Waals surface area contributed by atoms with Gasteiger partial charge < -0.3 is 0 Å². The molecule has 0 aromatic rings. The first kappa shape index (κ1) is 11.4. The minimum atomic E-state index is -0.438. The summed E-state index contributed by atoms with van der Waals surface area (Å²) in [5.41, 5.74) is 0.559. The van der Waals surface area contributed by atoms with Crippen LogP contribution in [0.1, 0.15) is 40.0 Å². The van der Waals surface area contributed by atoms with E-state index in [-0.39, 0.29) is 0 Å². The van der Waals surface area contributed by atoms with Crippen LogP contribution in [0, 0.1) is 5.41 Å². The van der Waals surface area contributed by atoms with Crippen LogP contribution in [-0.2, 0) is 22.1 Å². The summed E-state index contributed by atoms with van der Waals surface area (Å²) in [6.45, 7) is 6.97. The molecule has 0 nitrogen and oxygen atoms in total. The van der Waals surface area contributed by atoms with E-state index in [1.165, 1.54) is 19.3 Å². The van der Waals surface area contributed by atoms with Gasteiger partial charge in [-0.3, -0.25) is 0 Å². The molecule has 0 rings (SSSR count). The zero-order chi connectivity index (χ0) is 8.04. The summed E-state index contributed by atoms with van der Waals surface area (Å²) in [5, 5.41) is 0. The molecule has 0 saturated carbocycles. The van der Waals surface area contributed by atoms with Crippen molar-refractivity contribution >= 4 is 11.9 Å². The van der Waals surface area contributed by atoms with Gasteiger partial charge in [0.2, 0.25) is 0 Å². The van der Waals surface area contributed by atoms with E-state index in [0.29, 0.717) is 5.41 Å². The van der Waals surface area contributed by atoms with Crippen molar-refractivity contribution < 1.29 is 22.1 Å². The molecule has 0 unspecified atom stereocenters. The standard InChI is InChI=1S/C8H17.BrH.Hg/c1-5-6-7-8(2,3)4;;/h1,5-7H2,2-4H3;1H;/q;;+1/p-1. The Morgan fingerprint density at radius 2 is 1.80 bits per heavy atom. The van der Waals surface area contributed by atoms with Gasteiger partial charge in [-0.05, 0) is 0 Å². The summed E-state index contributed by atoms with van der Waals surface area (Å²) in [4.78, 5) is 0. The summed E-state index contributed by atoms with van der Waals surface area (Å²) in [6.07, 6.45) is 4.31. The van der Waals surface area contributed by atoms with Gasteiger partial charge in [-0.1, -0.05) is 0 Å². The number of unbranched alkanes of at least 4 members (excludes halogenated alkanes) is 1. The fourth-order valence-electron chi connectivity index (χ4n) is 0.927. The van der Waals surface area contributed by atoms with Crippen LogP contribution in [0.2, 0.25) is 3.93 Å². The second kappa shape index (κ2) is 5.99. The zero-order valence-electron chi connectivity index (χ0n) is 7.41. The monoisotopic (exact) mass is 394 g/mol. The quantitative estimate of drug-likeness (QED) is 0.500. The van der Waals surface area contributed by atoms with Crippen molar-refractivity contribution in [2.75, 3.05) is 0 Å². The van der Waals surface area contributed by atoms with E-state index in [1.807, 2.05) is 0 Å². The van der Waals surface area contributed by atoms with Gasteiger partial charge in [0.1, 0.15) is 0 Å². The molecule has 0 atom stereocenters. The fraction of sp³-hybridized carbons (Fsp3) is 1.00. The van der Waals surface area contributed by atoms with Gasteiger partial charge in [0.15, 0.2) is 0 Å². The summed E-state index contributed by atoms with van der Waals surface area (Å²) in [6, 6.07) is 0. The summed E-state index contributed by atoms with van der Waals surface area (Å²) >= 11 is 3.21. The molecule has 0 N–H and O–H groups in total. The van der Waals surface area contributed by atoms with Crippen molar-refractivity contribution in [2.24, 2.45) is 5.41 Å². The average molecular weight is 394 g/mol. The first-order valence-corrected chi connectivity index (χ1v) is 19.9. The van der Waals surface area contributed by atoms with E-state index >= 15 is 0 Å². The van der Waals surface area contributed by atoms with Crippen LogP contribution in [0.25, 0.3) is 0 Å². The van der Waals surface area contributed by atoms with Crippen LogP contribution < -0.4 is 0 Å². The molecule has 0 radical (unpaired) electrons. The molecule has 0 aromatic carbocycles. The molecule has 58 valence electrons. The summed E-state index contributed by atoms with van der Waals surface area (Å²) < 4.78 is 1.55. The van der Waals surface area contributed by atoms with Crippen LogP contribution in [-0.4, -0.2) is 0 Å². The molecule has 0 spiro atoms. The van der Waals surface area contributed by atoms with E-state index < -0.39 is 22.1 Å². The van der Waals surface area contributed by atoms with Gasteiger partial charge in [-0.2, -0.15) is 0 Å². The number of hydrogen-bond donors (Lipinski definition) is 0. The van der Waals surface area contributed by atoms with E-state index in [9.17, 15) is 0 Å².